The standard InChI is InChI=1S/C16H12Cl2N4S/c17-11-5-3-6-12(14(11)18)22-13(9-23-16(22)19)15-20-8-10-4-1-2-7-21(10)15/h1-9,16H,19H2. The van der Waals surface area contributed by atoms with Gasteiger partial charge < -0.3 is 10.6 Å². The van der Waals surface area contributed by atoms with E-state index in [0.717, 1.165) is 22.7 Å². The summed E-state index contributed by atoms with van der Waals surface area (Å²) in [5.41, 5.74) is 8.68. The van der Waals surface area contributed by atoms with E-state index < -0.39 is 0 Å². The number of imidazole rings is 1. The molecule has 0 fully saturated rings. The van der Waals surface area contributed by atoms with Crippen LogP contribution in [0.4, 0.5) is 5.69 Å². The second kappa shape index (κ2) is 5.76. The van der Waals surface area contributed by atoms with Gasteiger partial charge >= 0.3 is 0 Å². The minimum absolute atomic E-state index is 0.281. The predicted octanol–water partition coefficient (Wildman–Crippen LogP) is 4.44. The molecule has 0 saturated heterocycles. The van der Waals surface area contributed by atoms with Crippen LogP contribution in [0.3, 0.4) is 0 Å². The van der Waals surface area contributed by atoms with Crippen LogP contribution >= 0.6 is 35.0 Å². The molecule has 1 aliphatic heterocycles. The van der Waals surface area contributed by atoms with Gasteiger partial charge in [-0.1, -0.05) is 47.1 Å². The van der Waals surface area contributed by atoms with Gasteiger partial charge in [-0.2, -0.15) is 0 Å². The van der Waals surface area contributed by atoms with Crippen molar-refractivity contribution in [2.24, 2.45) is 5.73 Å². The lowest BCUT2D eigenvalue weighted by Gasteiger charge is -2.27. The molecule has 2 aromatic heterocycles. The van der Waals surface area contributed by atoms with Gasteiger partial charge in [-0.15, -0.1) is 0 Å². The highest BCUT2D eigenvalue weighted by Crippen LogP contribution is 2.42. The molecule has 0 spiro atoms. The third-order valence-electron chi connectivity index (χ3n) is 3.69. The molecule has 2 N–H and O–H groups in total. The number of rotatable bonds is 2. The fourth-order valence-corrected chi connectivity index (χ4v) is 3.85. The van der Waals surface area contributed by atoms with Gasteiger partial charge in [-0.05, 0) is 24.3 Å². The Hall–Kier alpha value is -1.66. The average molecular weight is 363 g/mol. The molecule has 1 aliphatic rings. The smallest absolute Gasteiger partial charge is 0.161 e. The van der Waals surface area contributed by atoms with E-state index in [0.29, 0.717) is 10.0 Å². The summed E-state index contributed by atoms with van der Waals surface area (Å²) in [5.74, 6) is 0.817. The number of halogens is 2. The summed E-state index contributed by atoms with van der Waals surface area (Å²) in [7, 11) is 0. The largest absolute Gasteiger partial charge is 0.311 e. The van der Waals surface area contributed by atoms with Gasteiger partial charge in [-0.25, -0.2) is 4.98 Å². The molecule has 7 heteroatoms. The first kappa shape index (κ1) is 14.9. The summed E-state index contributed by atoms with van der Waals surface area (Å²) in [6.45, 7) is 0. The summed E-state index contributed by atoms with van der Waals surface area (Å²) in [6, 6.07) is 11.5. The molecule has 4 rings (SSSR count). The first-order chi connectivity index (χ1) is 11.2. The van der Waals surface area contributed by atoms with E-state index in [2.05, 4.69) is 4.98 Å². The number of aromatic nitrogens is 2. The summed E-state index contributed by atoms with van der Waals surface area (Å²) in [4.78, 5) is 6.51. The minimum atomic E-state index is -0.281. The van der Waals surface area contributed by atoms with Gasteiger partial charge in [0.2, 0.25) is 0 Å². The lowest BCUT2D eigenvalue weighted by Crippen LogP contribution is -2.35. The van der Waals surface area contributed by atoms with Crippen molar-refractivity contribution < 1.29 is 0 Å². The Morgan fingerprint density at radius 1 is 1.13 bits per heavy atom. The number of anilines is 1. The fraction of sp³-hybridized carbons (Fsp3) is 0.0625. The van der Waals surface area contributed by atoms with Crippen molar-refractivity contribution in [1.29, 1.82) is 0 Å². The number of benzene rings is 1. The van der Waals surface area contributed by atoms with Crippen LogP contribution < -0.4 is 10.6 Å². The highest BCUT2D eigenvalue weighted by atomic mass is 35.5. The first-order valence-corrected chi connectivity index (χ1v) is 8.63. The molecular formula is C16H12Cl2N4S. The second-order valence-electron chi connectivity index (χ2n) is 5.05. The summed E-state index contributed by atoms with van der Waals surface area (Å²) in [5, 5.41) is 2.99. The van der Waals surface area contributed by atoms with E-state index >= 15 is 0 Å². The molecule has 3 aromatic rings. The molecule has 0 saturated carbocycles. The van der Waals surface area contributed by atoms with Crippen LogP contribution in [-0.2, 0) is 0 Å². The molecule has 116 valence electrons. The van der Waals surface area contributed by atoms with Crippen LogP contribution in [-0.4, -0.2) is 14.9 Å². The van der Waals surface area contributed by atoms with Crippen LogP contribution in [0.5, 0.6) is 0 Å². The van der Waals surface area contributed by atoms with Crippen LogP contribution in [0.1, 0.15) is 5.82 Å². The molecule has 0 bridgehead atoms. The second-order valence-corrected chi connectivity index (χ2v) is 6.83. The molecule has 1 unspecified atom stereocenters. The predicted molar refractivity (Wildman–Crippen MR) is 97.7 cm³/mol. The van der Waals surface area contributed by atoms with Crippen molar-refractivity contribution >= 4 is 51.9 Å². The monoisotopic (exact) mass is 362 g/mol. The zero-order valence-corrected chi connectivity index (χ0v) is 14.2. The van der Waals surface area contributed by atoms with Gasteiger partial charge in [0.15, 0.2) is 5.82 Å². The number of hydrogen-bond acceptors (Lipinski definition) is 4. The third kappa shape index (κ3) is 2.40. The molecule has 0 amide bonds. The Kier molecular flexibility index (Phi) is 3.73. The van der Waals surface area contributed by atoms with Crippen molar-refractivity contribution in [3.63, 3.8) is 0 Å². The molecule has 0 aliphatic carbocycles. The van der Waals surface area contributed by atoms with E-state index in [1.54, 1.807) is 6.07 Å². The topological polar surface area (TPSA) is 46.6 Å². The zero-order chi connectivity index (χ0) is 16.0. The van der Waals surface area contributed by atoms with E-state index in [1.165, 1.54) is 11.8 Å². The minimum Gasteiger partial charge on any atom is -0.311 e. The third-order valence-corrected chi connectivity index (χ3v) is 5.35. The van der Waals surface area contributed by atoms with E-state index in [-0.39, 0.29) is 5.50 Å². The fourth-order valence-electron chi connectivity index (χ4n) is 2.63. The van der Waals surface area contributed by atoms with Gasteiger partial charge in [0.05, 0.1) is 33.1 Å². The number of hydrogen-bond donors (Lipinski definition) is 1. The number of thioether (sulfide) groups is 1. The Bertz CT molecular complexity index is 921. The van der Waals surface area contributed by atoms with Crippen molar-refractivity contribution in [1.82, 2.24) is 9.38 Å². The van der Waals surface area contributed by atoms with Crippen LogP contribution in [0.25, 0.3) is 11.2 Å². The van der Waals surface area contributed by atoms with Crippen molar-refractivity contribution in [2.75, 3.05) is 4.90 Å². The summed E-state index contributed by atoms with van der Waals surface area (Å²) < 4.78 is 2.02. The lowest BCUT2D eigenvalue weighted by atomic mass is 10.2. The average Bonchev–Trinajstić information content (AvgIpc) is 3.14. The Balaban J connectivity index is 1.86. The summed E-state index contributed by atoms with van der Waals surface area (Å²) >= 11 is 14.1. The van der Waals surface area contributed by atoms with E-state index in [4.69, 9.17) is 28.9 Å². The molecule has 1 aromatic carbocycles. The maximum atomic E-state index is 6.39. The van der Waals surface area contributed by atoms with Crippen LogP contribution in [0, 0.1) is 0 Å². The van der Waals surface area contributed by atoms with Gasteiger partial charge in [0, 0.05) is 11.6 Å². The zero-order valence-electron chi connectivity index (χ0n) is 11.9. The van der Waals surface area contributed by atoms with Gasteiger partial charge in [0.1, 0.15) is 5.50 Å². The number of pyridine rings is 1. The number of nitrogens with zero attached hydrogens (tertiary/aromatic N) is 3. The van der Waals surface area contributed by atoms with Gasteiger partial charge in [-0.3, -0.25) is 4.40 Å². The van der Waals surface area contributed by atoms with E-state index in [9.17, 15) is 0 Å². The van der Waals surface area contributed by atoms with E-state index in [1.807, 2.05) is 57.4 Å². The quantitative estimate of drug-likeness (QED) is 0.732. The molecule has 4 nitrogen and oxygen atoms in total. The maximum Gasteiger partial charge on any atom is 0.161 e. The Morgan fingerprint density at radius 3 is 2.87 bits per heavy atom. The van der Waals surface area contributed by atoms with Crippen molar-refractivity contribution in [3.05, 3.63) is 70.1 Å². The van der Waals surface area contributed by atoms with Crippen LogP contribution in [0.2, 0.25) is 10.0 Å². The lowest BCUT2D eigenvalue weighted by molar-refractivity contribution is 0.921. The SMILES string of the molecule is NC1SC=C(c2ncc3ccccn23)N1c1cccc(Cl)c1Cl. The molecule has 1 atom stereocenters. The Morgan fingerprint density at radius 2 is 2.00 bits per heavy atom. The van der Waals surface area contributed by atoms with Gasteiger partial charge in [0.25, 0.3) is 0 Å². The number of fused-ring (bicyclic) bond motifs is 1. The number of nitrogens with two attached hydrogens (primary N) is 1. The first-order valence-electron chi connectivity index (χ1n) is 6.94. The van der Waals surface area contributed by atoms with Crippen molar-refractivity contribution in [2.45, 2.75) is 5.50 Å². The molecule has 23 heavy (non-hydrogen) atoms. The maximum absolute atomic E-state index is 6.39. The normalized spacial score (nSPS) is 17.8. The molecule has 0 radical (unpaired) electrons. The highest BCUT2D eigenvalue weighted by Gasteiger charge is 2.30. The molecule has 3 heterocycles. The highest BCUT2D eigenvalue weighted by molar-refractivity contribution is 8.03. The summed E-state index contributed by atoms with van der Waals surface area (Å²) in [6.07, 6.45) is 3.81. The van der Waals surface area contributed by atoms with Crippen LogP contribution in [0.15, 0.2) is 54.2 Å². The Labute approximate surface area is 147 Å². The molecular weight excluding hydrogens is 351 g/mol. The van der Waals surface area contributed by atoms with Crippen molar-refractivity contribution in [3.8, 4) is 0 Å².